The van der Waals surface area contributed by atoms with Gasteiger partial charge in [0.15, 0.2) is 0 Å². The number of hydrogen-bond acceptors (Lipinski definition) is 5. The lowest BCUT2D eigenvalue weighted by atomic mass is 10.1. The molecule has 8 heteroatoms. The van der Waals surface area contributed by atoms with Crippen LogP contribution in [-0.2, 0) is 19.1 Å². The molecular formula is C19H24N2O6. The summed E-state index contributed by atoms with van der Waals surface area (Å²) < 4.78 is 11.0. The molecule has 8 nitrogen and oxygen atoms in total. The van der Waals surface area contributed by atoms with E-state index in [0.717, 1.165) is 0 Å². The molecule has 0 unspecified atom stereocenters. The van der Waals surface area contributed by atoms with Gasteiger partial charge in [0.1, 0.15) is 5.75 Å². The molecule has 0 bridgehead atoms. The minimum absolute atomic E-state index is 0.115. The molecule has 2 saturated heterocycles. The molecule has 0 aromatic heterocycles. The van der Waals surface area contributed by atoms with Gasteiger partial charge in [0.2, 0.25) is 11.8 Å². The molecule has 2 aliphatic heterocycles. The monoisotopic (exact) mass is 376 g/mol. The van der Waals surface area contributed by atoms with Crippen LogP contribution in [0.3, 0.4) is 0 Å². The van der Waals surface area contributed by atoms with Gasteiger partial charge < -0.3 is 24.4 Å². The first-order valence-corrected chi connectivity index (χ1v) is 9.14. The molecule has 2 atom stereocenters. The van der Waals surface area contributed by atoms with Crippen molar-refractivity contribution >= 4 is 23.5 Å². The number of carboxylic acids is 1. The maximum absolute atomic E-state index is 12.9. The van der Waals surface area contributed by atoms with E-state index in [2.05, 4.69) is 0 Å². The highest BCUT2D eigenvalue weighted by molar-refractivity contribution is 6.01. The summed E-state index contributed by atoms with van der Waals surface area (Å²) in [5.74, 6) is -1.02. The Bertz CT molecular complexity index is 722. The largest absolute Gasteiger partial charge is 0.492 e. The van der Waals surface area contributed by atoms with Gasteiger partial charge in [-0.15, -0.1) is 0 Å². The van der Waals surface area contributed by atoms with Crippen molar-refractivity contribution in [3.8, 4) is 5.75 Å². The smallest absolute Gasteiger partial charge is 0.306 e. The van der Waals surface area contributed by atoms with Crippen LogP contribution in [0, 0.1) is 5.92 Å². The van der Waals surface area contributed by atoms with E-state index in [0.29, 0.717) is 37.7 Å². The minimum Gasteiger partial charge on any atom is -0.492 e. The van der Waals surface area contributed by atoms with E-state index in [1.165, 1.54) is 0 Å². The molecule has 0 aliphatic carbocycles. The van der Waals surface area contributed by atoms with Gasteiger partial charge in [0.05, 0.1) is 37.3 Å². The first kappa shape index (κ1) is 19.2. The fraction of sp³-hybridized carbons (Fsp3) is 0.526. The second-order valence-corrected chi connectivity index (χ2v) is 6.68. The number of carbonyl (C=O) groups is 3. The van der Waals surface area contributed by atoms with Gasteiger partial charge in [-0.25, -0.2) is 0 Å². The van der Waals surface area contributed by atoms with Crippen LogP contribution in [0.1, 0.15) is 19.8 Å². The molecule has 1 aromatic rings. The topological polar surface area (TPSA) is 96.4 Å². The number of anilines is 1. The van der Waals surface area contributed by atoms with Gasteiger partial charge in [0, 0.05) is 26.1 Å². The Morgan fingerprint density at radius 1 is 1.30 bits per heavy atom. The van der Waals surface area contributed by atoms with Crippen LogP contribution >= 0.6 is 0 Å². The molecule has 2 fully saturated rings. The van der Waals surface area contributed by atoms with Crippen LogP contribution in [-0.4, -0.2) is 66.7 Å². The van der Waals surface area contributed by atoms with Crippen LogP contribution in [0.25, 0.3) is 0 Å². The zero-order valence-corrected chi connectivity index (χ0v) is 15.3. The second kappa shape index (κ2) is 8.39. The van der Waals surface area contributed by atoms with Gasteiger partial charge in [-0.3, -0.25) is 14.4 Å². The third-order valence-corrected chi connectivity index (χ3v) is 4.78. The average Bonchev–Trinajstić information content (AvgIpc) is 3.03. The van der Waals surface area contributed by atoms with Crippen molar-refractivity contribution in [3.63, 3.8) is 0 Å². The number of hydrogen-bond donors (Lipinski definition) is 1. The zero-order valence-electron chi connectivity index (χ0n) is 15.3. The Morgan fingerprint density at radius 2 is 2.07 bits per heavy atom. The van der Waals surface area contributed by atoms with E-state index in [9.17, 15) is 14.4 Å². The quantitative estimate of drug-likeness (QED) is 0.800. The number of benzene rings is 1. The summed E-state index contributed by atoms with van der Waals surface area (Å²) in [7, 11) is 0. The molecule has 1 aromatic carbocycles. The second-order valence-electron chi connectivity index (χ2n) is 6.68. The number of carbonyl (C=O) groups excluding carboxylic acids is 2. The minimum atomic E-state index is -0.955. The standard InChI is InChI=1S/C19H24N2O6/c1-2-26-16-6-4-3-5-15(16)21-11-13(9-17(21)22)19(25)20-7-8-27-14(12-20)10-18(23)24/h3-6,13-14H,2,7-12H2,1H3,(H,23,24)/t13-,14-/m0/s1. The van der Waals surface area contributed by atoms with Crippen molar-refractivity contribution in [2.75, 3.05) is 37.7 Å². The average molecular weight is 376 g/mol. The lowest BCUT2D eigenvalue weighted by Gasteiger charge is -2.33. The molecule has 2 amide bonds. The lowest BCUT2D eigenvalue weighted by molar-refractivity contribution is -0.149. The van der Waals surface area contributed by atoms with Crippen molar-refractivity contribution in [2.45, 2.75) is 25.9 Å². The van der Waals surface area contributed by atoms with Crippen molar-refractivity contribution in [2.24, 2.45) is 5.92 Å². The first-order valence-electron chi connectivity index (χ1n) is 9.14. The van der Waals surface area contributed by atoms with Gasteiger partial charge >= 0.3 is 5.97 Å². The number of morpholine rings is 1. The number of aliphatic carboxylic acids is 1. The fourth-order valence-electron chi connectivity index (χ4n) is 3.56. The van der Waals surface area contributed by atoms with Crippen LogP contribution in [0.4, 0.5) is 5.69 Å². The molecule has 27 heavy (non-hydrogen) atoms. The van der Waals surface area contributed by atoms with Crippen molar-refractivity contribution in [3.05, 3.63) is 24.3 Å². The molecule has 0 radical (unpaired) electrons. The number of nitrogens with zero attached hydrogens (tertiary/aromatic N) is 2. The van der Waals surface area contributed by atoms with E-state index in [4.69, 9.17) is 14.6 Å². The molecule has 1 N–H and O–H groups in total. The summed E-state index contributed by atoms with van der Waals surface area (Å²) in [6.45, 7) is 3.62. The van der Waals surface area contributed by atoms with Crippen LogP contribution < -0.4 is 9.64 Å². The first-order chi connectivity index (χ1) is 13.0. The van der Waals surface area contributed by atoms with Gasteiger partial charge in [-0.1, -0.05) is 12.1 Å². The van der Waals surface area contributed by atoms with Gasteiger partial charge in [0.25, 0.3) is 0 Å². The molecule has 146 valence electrons. The third-order valence-electron chi connectivity index (χ3n) is 4.78. The third kappa shape index (κ3) is 4.39. The normalized spacial score (nSPS) is 22.8. The maximum Gasteiger partial charge on any atom is 0.306 e. The number of para-hydroxylation sites is 2. The fourth-order valence-corrected chi connectivity index (χ4v) is 3.56. The molecule has 3 rings (SSSR count). The summed E-state index contributed by atoms with van der Waals surface area (Å²) >= 11 is 0. The molecule has 2 aliphatic rings. The predicted octanol–water partition coefficient (Wildman–Crippen LogP) is 1.14. The van der Waals surface area contributed by atoms with Crippen molar-refractivity contribution in [1.29, 1.82) is 0 Å². The van der Waals surface area contributed by atoms with E-state index in [1.807, 2.05) is 25.1 Å². The summed E-state index contributed by atoms with van der Waals surface area (Å²) in [6.07, 6.45) is -0.506. The van der Waals surface area contributed by atoms with Gasteiger partial charge in [-0.05, 0) is 19.1 Å². The van der Waals surface area contributed by atoms with Crippen LogP contribution in [0.5, 0.6) is 5.75 Å². The predicted molar refractivity (Wildman–Crippen MR) is 96.6 cm³/mol. The van der Waals surface area contributed by atoms with E-state index in [1.54, 1.807) is 15.9 Å². The summed E-state index contributed by atoms with van der Waals surface area (Å²) in [4.78, 5) is 39.5. The number of carboxylic acid groups (broad SMARTS) is 1. The molecule has 2 heterocycles. The Kier molecular flexibility index (Phi) is 5.95. The van der Waals surface area contributed by atoms with E-state index >= 15 is 0 Å². The Balaban J connectivity index is 1.68. The highest BCUT2D eigenvalue weighted by Gasteiger charge is 2.39. The zero-order chi connectivity index (χ0) is 19.4. The Morgan fingerprint density at radius 3 is 2.81 bits per heavy atom. The van der Waals surface area contributed by atoms with Crippen molar-refractivity contribution < 1.29 is 29.0 Å². The SMILES string of the molecule is CCOc1ccccc1N1C[C@@H](C(=O)N2CCO[C@@H](CC(=O)O)C2)CC1=O. The number of ether oxygens (including phenoxy) is 2. The Labute approximate surface area is 157 Å². The lowest BCUT2D eigenvalue weighted by Crippen LogP contribution is -2.48. The molecule has 0 saturated carbocycles. The van der Waals surface area contributed by atoms with Crippen LogP contribution in [0.2, 0.25) is 0 Å². The number of rotatable bonds is 6. The van der Waals surface area contributed by atoms with Gasteiger partial charge in [-0.2, -0.15) is 0 Å². The number of amides is 2. The van der Waals surface area contributed by atoms with E-state index < -0.39 is 18.0 Å². The molecule has 0 spiro atoms. The van der Waals surface area contributed by atoms with Crippen LogP contribution in [0.15, 0.2) is 24.3 Å². The van der Waals surface area contributed by atoms with Crippen molar-refractivity contribution in [1.82, 2.24) is 4.90 Å². The maximum atomic E-state index is 12.9. The highest BCUT2D eigenvalue weighted by Crippen LogP contribution is 2.33. The summed E-state index contributed by atoms with van der Waals surface area (Å²) in [6, 6.07) is 7.29. The highest BCUT2D eigenvalue weighted by atomic mass is 16.5. The summed E-state index contributed by atoms with van der Waals surface area (Å²) in [5, 5.41) is 8.92. The van der Waals surface area contributed by atoms with E-state index in [-0.39, 0.29) is 31.2 Å². The molecular weight excluding hydrogens is 352 g/mol. The Hall–Kier alpha value is -2.61. The summed E-state index contributed by atoms with van der Waals surface area (Å²) in [5.41, 5.74) is 0.672.